The van der Waals surface area contributed by atoms with E-state index in [1.807, 2.05) is 0 Å². The normalized spacial score (nSPS) is 12.4. The van der Waals surface area contributed by atoms with Crippen LogP contribution in [0, 0.1) is 20.8 Å². The number of rotatable bonds is 4. The number of hydrogen-bond donors (Lipinski definition) is 1. The summed E-state index contributed by atoms with van der Waals surface area (Å²) in [6.45, 7) is 9.65. The van der Waals surface area contributed by atoms with Crippen LogP contribution in [0.25, 0.3) is 0 Å². The van der Waals surface area contributed by atoms with Crippen LogP contribution in [0.3, 0.4) is 0 Å². The highest BCUT2D eigenvalue weighted by atomic mass is 14.9. The van der Waals surface area contributed by atoms with E-state index in [2.05, 4.69) is 75.5 Å². The van der Waals surface area contributed by atoms with Gasteiger partial charge in [0.2, 0.25) is 0 Å². The Balaban J connectivity index is 2.04. The van der Waals surface area contributed by atoms with Crippen molar-refractivity contribution < 1.29 is 0 Å². The second kappa shape index (κ2) is 6.03. The lowest BCUT2D eigenvalue weighted by Crippen LogP contribution is -2.18. The van der Waals surface area contributed by atoms with Gasteiger partial charge < -0.3 is 5.32 Å². The molecule has 100 valence electrons. The van der Waals surface area contributed by atoms with Gasteiger partial charge in [-0.2, -0.15) is 0 Å². The predicted octanol–water partition coefficient (Wildman–Crippen LogP) is 4.46. The highest BCUT2D eigenvalue weighted by molar-refractivity contribution is 5.33. The fourth-order valence-corrected chi connectivity index (χ4v) is 2.32. The standard InChI is InChI=1S/C18H23N/c1-13-7-5-9-17(11-13)16(4)19-12-18-10-6-8-14(2)15(18)3/h5-11,16,19H,12H2,1-4H3/t16-/m1/s1. The zero-order chi connectivity index (χ0) is 13.8. The minimum absolute atomic E-state index is 0.375. The molecular formula is C18H23N. The average molecular weight is 253 g/mol. The number of aryl methyl sites for hydroxylation is 2. The molecular weight excluding hydrogens is 230 g/mol. The molecule has 0 heterocycles. The molecule has 0 fully saturated rings. The predicted molar refractivity (Wildman–Crippen MR) is 82.3 cm³/mol. The Morgan fingerprint density at radius 2 is 1.74 bits per heavy atom. The molecule has 19 heavy (non-hydrogen) atoms. The topological polar surface area (TPSA) is 12.0 Å². The molecule has 1 atom stereocenters. The molecule has 0 aliphatic rings. The molecule has 0 spiro atoms. The van der Waals surface area contributed by atoms with Crippen molar-refractivity contribution in [2.24, 2.45) is 0 Å². The summed E-state index contributed by atoms with van der Waals surface area (Å²) in [6, 6.07) is 15.6. The summed E-state index contributed by atoms with van der Waals surface area (Å²) in [5.41, 5.74) is 6.82. The van der Waals surface area contributed by atoms with Crippen molar-refractivity contribution in [3.05, 3.63) is 70.3 Å². The molecule has 0 aliphatic heterocycles. The first-order valence-electron chi connectivity index (χ1n) is 6.93. The van der Waals surface area contributed by atoms with Crippen LogP contribution >= 0.6 is 0 Å². The Morgan fingerprint density at radius 3 is 2.47 bits per heavy atom. The van der Waals surface area contributed by atoms with Crippen LogP contribution < -0.4 is 5.32 Å². The van der Waals surface area contributed by atoms with Crippen molar-refractivity contribution in [3.8, 4) is 0 Å². The monoisotopic (exact) mass is 253 g/mol. The maximum Gasteiger partial charge on any atom is 0.0295 e. The van der Waals surface area contributed by atoms with Gasteiger partial charge in [0.25, 0.3) is 0 Å². The highest BCUT2D eigenvalue weighted by Gasteiger charge is 2.06. The van der Waals surface area contributed by atoms with E-state index >= 15 is 0 Å². The van der Waals surface area contributed by atoms with Crippen LogP contribution in [-0.4, -0.2) is 0 Å². The van der Waals surface area contributed by atoms with E-state index in [0.717, 1.165) is 6.54 Å². The Bertz CT molecular complexity index is 557. The van der Waals surface area contributed by atoms with Gasteiger partial charge in [-0.05, 0) is 49.9 Å². The van der Waals surface area contributed by atoms with Crippen LogP contribution in [0.1, 0.15) is 40.8 Å². The molecule has 1 nitrogen and oxygen atoms in total. The minimum Gasteiger partial charge on any atom is -0.306 e. The average Bonchev–Trinajstić information content (AvgIpc) is 2.40. The molecule has 0 saturated heterocycles. The van der Waals surface area contributed by atoms with Crippen LogP contribution in [0.2, 0.25) is 0 Å². The molecule has 1 heteroatoms. The highest BCUT2D eigenvalue weighted by Crippen LogP contribution is 2.17. The molecule has 0 bridgehead atoms. The summed E-state index contributed by atoms with van der Waals surface area (Å²) in [5.74, 6) is 0. The summed E-state index contributed by atoms with van der Waals surface area (Å²) >= 11 is 0. The summed E-state index contributed by atoms with van der Waals surface area (Å²) in [4.78, 5) is 0. The van der Waals surface area contributed by atoms with Crippen LogP contribution in [0.15, 0.2) is 42.5 Å². The maximum absolute atomic E-state index is 3.61. The van der Waals surface area contributed by atoms with E-state index in [0.29, 0.717) is 6.04 Å². The molecule has 2 aromatic carbocycles. The van der Waals surface area contributed by atoms with Crippen LogP contribution in [0.4, 0.5) is 0 Å². The van der Waals surface area contributed by atoms with Gasteiger partial charge in [-0.1, -0.05) is 48.0 Å². The molecule has 0 amide bonds. The number of benzene rings is 2. The first-order valence-corrected chi connectivity index (χ1v) is 6.93. The summed E-state index contributed by atoms with van der Waals surface area (Å²) in [7, 11) is 0. The summed E-state index contributed by atoms with van der Waals surface area (Å²) < 4.78 is 0. The lowest BCUT2D eigenvalue weighted by Gasteiger charge is -2.16. The van der Waals surface area contributed by atoms with Gasteiger partial charge in [-0.25, -0.2) is 0 Å². The van der Waals surface area contributed by atoms with Gasteiger partial charge in [-0.15, -0.1) is 0 Å². The molecule has 2 aromatic rings. The third-order valence-corrected chi connectivity index (χ3v) is 3.86. The second-order valence-corrected chi connectivity index (χ2v) is 5.38. The second-order valence-electron chi connectivity index (χ2n) is 5.38. The van der Waals surface area contributed by atoms with Gasteiger partial charge in [0.15, 0.2) is 0 Å². The van der Waals surface area contributed by atoms with Crippen molar-refractivity contribution >= 4 is 0 Å². The minimum atomic E-state index is 0.375. The van der Waals surface area contributed by atoms with Gasteiger partial charge in [0.1, 0.15) is 0 Å². The summed E-state index contributed by atoms with van der Waals surface area (Å²) in [5, 5.41) is 3.61. The van der Waals surface area contributed by atoms with Gasteiger partial charge in [-0.3, -0.25) is 0 Å². The molecule has 1 N–H and O–H groups in total. The molecule has 2 rings (SSSR count). The maximum atomic E-state index is 3.61. The first-order chi connectivity index (χ1) is 9.08. The Kier molecular flexibility index (Phi) is 4.39. The molecule has 0 aliphatic carbocycles. The SMILES string of the molecule is Cc1cccc([C@@H](C)NCc2cccc(C)c2C)c1. The van der Waals surface area contributed by atoms with E-state index in [9.17, 15) is 0 Å². The zero-order valence-electron chi connectivity index (χ0n) is 12.3. The smallest absolute Gasteiger partial charge is 0.0295 e. The van der Waals surface area contributed by atoms with E-state index in [1.165, 1.54) is 27.8 Å². The number of nitrogens with one attached hydrogen (secondary N) is 1. The van der Waals surface area contributed by atoms with Gasteiger partial charge >= 0.3 is 0 Å². The zero-order valence-corrected chi connectivity index (χ0v) is 12.3. The fraction of sp³-hybridized carbons (Fsp3) is 0.333. The third-order valence-electron chi connectivity index (χ3n) is 3.86. The fourth-order valence-electron chi connectivity index (χ4n) is 2.32. The van der Waals surface area contributed by atoms with Crippen LogP contribution in [0.5, 0.6) is 0 Å². The van der Waals surface area contributed by atoms with Crippen molar-refractivity contribution in [2.75, 3.05) is 0 Å². The van der Waals surface area contributed by atoms with Gasteiger partial charge in [0, 0.05) is 12.6 Å². The van der Waals surface area contributed by atoms with Gasteiger partial charge in [0.05, 0.1) is 0 Å². The molecule has 0 aromatic heterocycles. The molecule has 0 radical (unpaired) electrons. The van der Waals surface area contributed by atoms with E-state index in [4.69, 9.17) is 0 Å². The Hall–Kier alpha value is -1.60. The van der Waals surface area contributed by atoms with Crippen molar-refractivity contribution in [2.45, 2.75) is 40.3 Å². The number of hydrogen-bond acceptors (Lipinski definition) is 1. The van der Waals surface area contributed by atoms with Crippen molar-refractivity contribution in [1.82, 2.24) is 5.32 Å². The first kappa shape index (κ1) is 13.8. The lowest BCUT2D eigenvalue weighted by molar-refractivity contribution is 0.573. The van der Waals surface area contributed by atoms with Crippen molar-refractivity contribution in [1.29, 1.82) is 0 Å². The molecule has 0 saturated carbocycles. The Labute approximate surface area is 116 Å². The molecule has 0 unspecified atom stereocenters. The van der Waals surface area contributed by atoms with Crippen molar-refractivity contribution in [3.63, 3.8) is 0 Å². The van der Waals surface area contributed by atoms with E-state index < -0.39 is 0 Å². The largest absolute Gasteiger partial charge is 0.306 e. The quantitative estimate of drug-likeness (QED) is 0.848. The van der Waals surface area contributed by atoms with E-state index in [1.54, 1.807) is 0 Å². The summed E-state index contributed by atoms with van der Waals surface area (Å²) in [6.07, 6.45) is 0. The van der Waals surface area contributed by atoms with Crippen LogP contribution in [-0.2, 0) is 6.54 Å². The third kappa shape index (κ3) is 3.45. The van der Waals surface area contributed by atoms with E-state index in [-0.39, 0.29) is 0 Å². The lowest BCUT2D eigenvalue weighted by atomic mass is 10.0. The Morgan fingerprint density at radius 1 is 1.00 bits per heavy atom.